The van der Waals surface area contributed by atoms with Crippen LogP contribution in [0.3, 0.4) is 0 Å². The summed E-state index contributed by atoms with van der Waals surface area (Å²) >= 11 is 0. The third-order valence-electron chi connectivity index (χ3n) is 5.50. The van der Waals surface area contributed by atoms with Crippen molar-refractivity contribution in [1.29, 1.82) is 5.26 Å². The predicted octanol–water partition coefficient (Wildman–Crippen LogP) is 2.17. The fourth-order valence-electron chi connectivity index (χ4n) is 3.84. The van der Waals surface area contributed by atoms with E-state index in [4.69, 9.17) is 0 Å². The van der Waals surface area contributed by atoms with Crippen LogP contribution in [0.2, 0.25) is 0 Å². The molecule has 0 aliphatic carbocycles. The number of rotatable bonds is 6. The molecule has 1 aromatic heterocycles. The Morgan fingerprint density at radius 3 is 2.66 bits per heavy atom. The van der Waals surface area contributed by atoms with Gasteiger partial charge in [-0.05, 0) is 63.0 Å². The number of aryl methyl sites for hydroxylation is 2. The topological polar surface area (TPSA) is 89.3 Å². The van der Waals surface area contributed by atoms with Gasteiger partial charge < -0.3 is 9.80 Å². The Hall–Kier alpha value is -2.21. The summed E-state index contributed by atoms with van der Waals surface area (Å²) in [5, 5.41) is 10.7. The standard InChI is InChI=1S/C21H29N5O2S/c1-16-12-19-20(13-17(16)2)23-15-18(14-22)21(19)26-9-5-8-25(10-11-26)7-4-6-24-29(3,27)28/h12-13,15,24H,4-11H2,1-3H3. The summed E-state index contributed by atoms with van der Waals surface area (Å²) < 4.78 is 24.9. The normalized spacial score (nSPS) is 16.0. The Bertz CT molecular complexity index is 1030. The number of sulfonamides is 1. The molecule has 0 atom stereocenters. The molecule has 1 N–H and O–H groups in total. The minimum atomic E-state index is -3.13. The second-order valence-electron chi connectivity index (χ2n) is 7.79. The lowest BCUT2D eigenvalue weighted by molar-refractivity contribution is 0.290. The van der Waals surface area contributed by atoms with Crippen molar-refractivity contribution in [3.63, 3.8) is 0 Å². The van der Waals surface area contributed by atoms with E-state index in [1.807, 2.05) is 0 Å². The summed E-state index contributed by atoms with van der Waals surface area (Å²) in [6.07, 6.45) is 4.66. The van der Waals surface area contributed by atoms with Crippen LogP contribution in [0.1, 0.15) is 29.5 Å². The molecule has 0 radical (unpaired) electrons. The van der Waals surface area contributed by atoms with Crippen molar-refractivity contribution >= 4 is 26.6 Å². The number of aromatic nitrogens is 1. The van der Waals surface area contributed by atoms with Crippen LogP contribution < -0.4 is 9.62 Å². The number of nitriles is 1. The fourth-order valence-corrected chi connectivity index (χ4v) is 4.35. The van der Waals surface area contributed by atoms with Gasteiger partial charge in [-0.1, -0.05) is 0 Å². The lowest BCUT2D eigenvalue weighted by Gasteiger charge is -2.26. The lowest BCUT2D eigenvalue weighted by atomic mass is 10.0. The first-order valence-electron chi connectivity index (χ1n) is 10.0. The van der Waals surface area contributed by atoms with E-state index in [2.05, 4.69) is 51.6 Å². The van der Waals surface area contributed by atoms with E-state index < -0.39 is 10.0 Å². The Morgan fingerprint density at radius 2 is 1.93 bits per heavy atom. The molecule has 1 aliphatic rings. The van der Waals surface area contributed by atoms with Crippen LogP contribution in [0.15, 0.2) is 18.3 Å². The summed E-state index contributed by atoms with van der Waals surface area (Å²) in [6, 6.07) is 6.56. The second-order valence-corrected chi connectivity index (χ2v) is 9.62. The van der Waals surface area contributed by atoms with Crippen LogP contribution in [0.25, 0.3) is 10.9 Å². The molecule has 2 aromatic rings. The Kier molecular flexibility index (Phi) is 6.73. The average molecular weight is 416 g/mol. The minimum Gasteiger partial charge on any atom is -0.369 e. The maximum absolute atomic E-state index is 11.2. The highest BCUT2D eigenvalue weighted by Gasteiger charge is 2.20. The second kappa shape index (κ2) is 9.08. The maximum atomic E-state index is 11.2. The summed E-state index contributed by atoms with van der Waals surface area (Å²) in [6.45, 7) is 9.07. The molecule has 1 aliphatic heterocycles. The lowest BCUT2D eigenvalue weighted by Crippen LogP contribution is -2.33. The van der Waals surface area contributed by atoms with Crippen molar-refractivity contribution in [1.82, 2.24) is 14.6 Å². The van der Waals surface area contributed by atoms with E-state index >= 15 is 0 Å². The van der Waals surface area contributed by atoms with Crippen LogP contribution >= 0.6 is 0 Å². The number of hydrogen-bond acceptors (Lipinski definition) is 6. The molecule has 8 heteroatoms. The van der Waals surface area contributed by atoms with Crippen LogP contribution in [-0.2, 0) is 10.0 Å². The van der Waals surface area contributed by atoms with E-state index in [1.54, 1.807) is 6.20 Å². The summed E-state index contributed by atoms with van der Waals surface area (Å²) in [5.74, 6) is 0. The van der Waals surface area contributed by atoms with Crippen molar-refractivity contribution in [3.05, 3.63) is 35.0 Å². The zero-order valence-corrected chi connectivity index (χ0v) is 18.2. The number of nitrogens with one attached hydrogen (secondary N) is 1. The molecule has 1 saturated heterocycles. The molecular weight excluding hydrogens is 386 g/mol. The molecule has 156 valence electrons. The first-order chi connectivity index (χ1) is 13.8. The number of fused-ring (bicyclic) bond motifs is 1. The van der Waals surface area contributed by atoms with Gasteiger partial charge in [0.25, 0.3) is 0 Å². The Morgan fingerprint density at radius 1 is 1.17 bits per heavy atom. The van der Waals surface area contributed by atoms with E-state index in [0.717, 1.165) is 62.2 Å². The van der Waals surface area contributed by atoms with Gasteiger partial charge in [0.1, 0.15) is 6.07 Å². The van der Waals surface area contributed by atoms with E-state index in [9.17, 15) is 13.7 Å². The Labute approximate surface area is 173 Å². The van der Waals surface area contributed by atoms with Gasteiger partial charge in [0.2, 0.25) is 10.0 Å². The van der Waals surface area contributed by atoms with E-state index in [0.29, 0.717) is 12.1 Å². The predicted molar refractivity (Wildman–Crippen MR) is 117 cm³/mol. The zero-order valence-electron chi connectivity index (χ0n) is 17.4. The number of nitrogens with zero attached hydrogens (tertiary/aromatic N) is 4. The SMILES string of the molecule is Cc1cc2ncc(C#N)c(N3CCCN(CCCNS(C)(=O)=O)CC3)c2cc1C. The van der Waals surface area contributed by atoms with Crippen LogP contribution in [0, 0.1) is 25.2 Å². The largest absolute Gasteiger partial charge is 0.369 e. The van der Waals surface area contributed by atoms with Gasteiger partial charge in [0.15, 0.2) is 0 Å². The monoisotopic (exact) mass is 415 g/mol. The van der Waals surface area contributed by atoms with Crippen molar-refractivity contribution in [2.45, 2.75) is 26.7 Å². The molecule has 2 heterocycles. The summed E-state index contributed by atoms with van der Waals surface area (Å²) in [7, 11) is -3.13. The highest BCUT2D eigenvalue weighted by atomic mass is 32.2. The van der Waals surface area contributed by atoms with E-state index in [-0.39, 0.29) is 0 Å². The molecular formula is C21H29N5O2S. The molecule has 3 rings (SSSR count). The van der Waals surface area contributed by atoms with Crippen LogP contribution in [0.5, 0.6) is 0 Å². The van der Waals surface area contributed by atoms with Crippen molar-refractivity contribution in [3.8, 4) is 6.07 Å². The minimum absolute atomic E-state index is 0.464. The molecule has 0 unspecified atom stereocenters. The van der Waals surface area contributed by atoms with Crippen LogP contribution in [-0.4, -0.2) is 63.8 Å². The maximum Gasteiger partial charge on any atom is 0.208 e. The number of anilines is 1. The molecule has 29 heavy (non-hydrogen) atoms. The smallest absolute Gasteiger partial charge is 0.208 e. The van der Waals surface area contributed by atoms with E-state index in [1.165, 1.54) is 17.4 Å². The number of benzene rings is 1. The van der Waals surface area contributed by atoms with Gasteiger partial charge in [-0.15, -0.1) is 0 Å². The highest BCUT2D eigenvalue weighted by molar-refractivity contribution is 7.88. The molecule has 0 amide bonds. The highest BCUT2D eigenvalue weighted by Crippen LogP contribution is 2.31. The molecule has 7 nitrogen and oxygen atoms in total. The molecule has 0 saturated carbocycles. The van der Waals surface area contributed by atoms with Gasteiger partial charge >= 0.3 is 0 Å². The third-order valence-corrected chi connectivity index (χ3v) is 6.22. The number of hydrogen-bond donors (Lipinski definition) is 1. The van der Waals surface area contributed by atoms with Gasteiger partial charge in [-0.25, -0.2) is 13.1 Å². The third kappa shape index (κ3) is 5.44. The van der Waals surface area contributed by atoms with Crippen molar-refractivity contribution in [2.75, 3.05) is 50.4 Å². The van der Waals surface area contributed by atoms with Gasteiger partial charge in [-0.3, -0.25) is 4.98 Å². The first-order valence-corrected chi connectivity index (χ1v) is 11.9. The quantitative estimate of drug-likeness (QED) is 0.728. The van der Waals surface area contributed by atoms with Gasteiger partial charge in [0.05, 0.1) is 23.0 Å². The zero-order chi connectivity index (χ0) is 21.0. The first kappa shape index (κ1) is 21.5. The molecule has 1 fully saturated rings. The molecule has 0 spiro atoms. The Balaban J connectivity index is 1.75. The van der Waals surface area contributed by atoms with Crippen molar-refractivity contribution < 1.29 is 8.42 Å². The number of pyridine rings is 1. The van der Waals surface area contributed by atoms with Gasteiger partial charge in [0, 0.05) is 37.8 Å². The molecule has 1 aromatic carbocycles. The summed E-state index contributed by atoms with van der Waals surface area (Å²) in [5.41, 5.74) is 4.93. The van der Waals surface area contributed by atoms with Crippen LogP contribution in [0.4, 0.5) is 5.69 Å². The summed E-state index contributed by atoms with van der Waals surface area (Å²) in [4.78, 5) is 9.18. The molecule has 0 bridgehead atoms. The van der Waals surface area contributed by atoms with Gasteiger partial charge in [-0.2, -0.15) is 5.26 Å². The van der Waals surface area contributed by atoms with Crippen molar-refractivity contribution in [2.24, 2.45) is 0 Å². The average Bonchev–Trinajstić information content (AvgIpc) is 2.90. The fraction of sp³-hybridized carbons (Fsp3) is 0.524.